The van der Waals surface area contributed by atoms with Gasteiger partial charge < -0.3 is 5.32 Å². The molecule has 0 spiro atoms. The van der Waals surface area contributed by atoms with Crippen LogP contribution in [0, 0.1) is 17.0 Å². The highest BCUT2D eigenvalue weighted by atomic mass is 16.6. The number of aromatic amines is 1. The van der Waals surface area contributed by atoms with Gasteiger partial charge in [0, 0.05) is 23.8 Å². The van der Waals surface area contributed by atoms with Gasteiger partial charge in [0.15, 0.2) is 0 Å². The number of nitro groups is 1. The van der Waals surface area contributed by atoms with Crippen LogP contribution in [-0.4, -0.2) is 30.4 Å². The Hall–Kier alpha value is -3.56. The number of nitrogens with zero attached hydrogens (tertiary/aromatic N) is 4. The summed E-state index contributed by atoms with van der Waals surface area (Å²) in [5, 5.41) is 17.3. The molecule has 3 rings (SSSR count). The first kappa shape index (κ1) is 14.4. The van der Waals surface area contributed by atoms with E-state index >= 15 is 0 Å². The van der Waals surface area contributed by atoms with E-state index in [9.17, 15) is 19.7 Å². The lowest BCUT2D eigenvalue weighted by Gasteiger charge is -2.06. The molecule has 0 saturated heterocycles. The topological polar surface area (TPSA) is 135 Å². The lowest BCUT2D eigenvalue weighted by Crippen LogP contribution is -2.18. The SMILES string of the molecule is Cc1nc2[nH]c(=O)cc(NC(=O)c3cccc([N+](=O)[O-])c3)n2n1. The zero-order chi connectivity index (χ0) is 16.6. The average molecular weight is 314 g/mol. The van der Waals surface area contributed by atoms with E-state index in [1.807, 2.05) is 0 Å². The summed E-state index contributed by atoms with van der Waals surface area (Å²) in [6.45, 7) is 1.64. The van der Waals surface area contributed by atoms with Gasteiger partial charge in [0.2, 0.25) is 5.78 Å². The first-order chi connectivity index (χ1) is 10.9. The Morgan fingerprint density at radius 2 is 2.17 bits per heavy atom. The van der Waals surface area contributed by atoms with Crippen molar-refractivity contribution >= 4 is 23.2 Å². The Bertz CT molecular complexity index is 990. The molecular weight excluding hydrogens is 304 g/mol. The third kappa shape index (κ3) is 2.77. The van der Waals surface area contributed by atoms with Crippen molar-refractivity contribution in [2.75, 3.05) is 5.32 Å². The van der Waals surface area contributed by atoms with E-state index in [1.54, 1.807) is 6.92 Å². The molecule has 0 aliphatic rings. The van der Waals surface area contributed by atoms with Gasteiger partial charge in [0.05, 0.1) is 4.92 Å². The number of hydrogen-bond donors (Lipinski definition) is 2. The lowest BCUT2D eigenvalue weighted by molar-refractivity contribution is -0.384. The van der Waals surface area contributed by atoms with Crippen LogP contribution in [0.3, 0.4) is 0 Å². The molecule has 2 N–H and O–H groups in total. The summed E-state index contributed by atoms with van der Waals surface area (Å²) < 4.78 is 1.27. The molecule has 0 saturated carbocycles. The summed E-state index contributed by atoms with van der Waals surface area (Å²) in [7, 11) is 0. The van der Waals surface area contributed by atoms with Crippen LogP contribution < -0.4 is 10.9 Å². The highest BCUT2D eigenvalue weighted by Gasteiger charge is 2.14. The quantitative estimate of drug-likeness (QED) is 0.544. The Morgan fingerprint density at radius 1 is 1.39 bits per heavy atom. The van der Waals surface area contributed by atoms with Crippen molar-refractivity contribution in [2.24, 2.45) is 0 Å². The van der Waals surface area contributed by atoms with Crippen LogP contribution in [0.4, 0.5) is 11.5 Å². The highest BCUT2D eigenvalue weighted by Crippen LogP contribution is 2.15. The molecule has 0 radical (unpaired) electrons. The number of fused-ring (bicyclic) bond motifs is 1. The maximum Gasteiger partial charge on any atom is 0.270 e. The molecule has 10 heteroatoms. The largest absolute Gasteiger partial charge is 0.306 e. The number of H-pyrrole nitrogens is 1. The number of amides is 1. The molecule has 0 bridgehead atoms. The van der Waals surface area contributed by atoms with Crippen LogP contribution in [0.2, 0.25) is 0 Å². The van der Waals surface area contributed by atoms with Crippen LogP contribution in [-0.2, 0) is 0 Å². The molecule has 116 valence electrons. The van der Waals surface area contributed by atoms with Gasteiger partial charge >= 0.3 is 0 Å². The van der Waals surface area contributed by atoms with E-state index in [4.69, 9.17) is 0 Å². The molecule has 2 heterocycles. The van der Waals surface area contributed by atoms with E-state index in [0.717, 1.165) is 12.1 Å². The maximum atomic E-state index is 12.2. The van der Waals surface area contributed by atoms with Gasteiger partial charge in [0.1, 0.15) is 11.6 Å². The molecule has 3 aromatic rings. The number of hydrogen-bond acceptors (Lipinski definition) is 6. The molecule has 0 aliphatic carbocycles. The fourth-order valence-corrected chi connectivity index (χ4v) is 2.03. The molecule has 2 aromatic heterocycles. The smallest absolute Gasteiger partial charge is 0.270 e. The summed E-state index contributed by atoms with van der Waals surface area (Å²) in [6.07, 6.45) is 0. The van der Waals surface area contributed by atoms with Crippen LogP contribution in [0.15, 0.2) is 35.1 Å². The van der Waals surface area contributed by atoms with Crippen LogP contribution in [0.5, 0.6) is 0 Å². The fourth-order valence-electron chi connectivity index (χ4n) is 2.03. The van der Waals surface area contributed by atoms with E-state index in [2.05, 4.69) is 20.4 Å². The molecule has 0 fully saturated rings. The summed E-state index contributed by atoms with van der Waals surface area (Å²) in [5.74, 6) is 0.108. The minimum Gasteiger partial charge on any atom is -0.306 e. The third-order valence-electron chi connectivity index (χ3n) is 3.00. The number of aryl methyl sites for hydroxylation is 1. The minimum atomic E-state index is -0.603. The Morgan fingerprint density at radius 3 is 2.91 bits per heavy atom. The van der Waals surface area contributed by atoms with Gasteiger partial charge in [-0.15, -0.1) is 5.10 Å². The summed E-state index contributed by atoms with van der Waals surface area (Å²) in [5.41, 5.74) is -0.575. The molecule has 0 aliphatic heterocycles. The molecule has 1 amide bonds. The van der Waals surface area contributed by atoms with E-state index < -0.39 is 16.4 Å². The average Bonchev–Trinajstić information content (AvgIpc) is 2.87. The Kier molecular flexibility index (Phi) is 3.33. The summed E-state index contributed by atoms with van der Waals surface area (Å²) in [6, 6.07) is 6.41. The maximum absolute atomic E-state index is 12.2. The number of carbonyl (C=O) groups is 1. The Balaban J connectivity index is 1.99. The molecule has 10 nitrogen and oxygen atoms in total. The molecule has 0 unspecified atom stereocenters. The second-order valence-electron chi connectivity index (χ2n) is 4.67. The number of nitrogens with one attached hydrogen (secondary N) is 2. The lowest BCUT2D eigenvalue weighted by atomic mass is 10.2. The van der Waals surface area contributed by atoms with Crippen LogP contribution in [0.25, 0.3) is 5.78 Å². The first-order valence-electron chi connectivity index (χ1n) is 6.46. The zero-order valence-electron chi connectivity index (χ0n) is 11.8. The summed E-state index contributed by atoms with van der Waals surface area (Å²) >= 11 is 0. The molecule has 1 aromatic carbocycles. The second kappa shape index (κ2) is 5.33. The van der Waals surface area contributed by atoms with Crippen LogP contribution >= 0.6 is 0 Å². The fraction of sp³-hybridized carbons (Fsp3) is 0.0769. The summed E-state index contributed by atoms with van der Waals surface area (Å²) in [4.78, 5) is 40.5. The standard InChI is InChI=1S/C13H10N6O4/c1-7-14-13-16-11(20)6-10(18(13)17-7)15-12(21)8-3-2-4-9(5-8)19(22)23/h2-6H,1H3,(H,15,21)(H,14,16,17,20). The monoisotopic (exact) mass is 314 g/mol. The zero-order valence-corrected chi connectivity index (χ0v) is 11.8. The van der Waals surface area contributed by atoms with Crippen molar-refractivity contribution in [3.05, 3.63) is 62.2 Å². The third-order valence-corrected chi connectivity index (χ3v) is 3.00. The Labute approximate surface area is 127 Å². The first-order valence-corrected chi connectivity index (χ1v) is 6.46. The minimum absolute atomic E-state index is 0.0875. The van der Waals surface area contributed by atoms with Crippen molar-refractivity contribution in [1.29, 1.82) is 0 Å². The molecule has 0 atom stereocenters. The number of nitro benzene ring substituents is 1. The predicted molar refractivity (Wildman–Crippen MR) is 79.4 cm³/mol. The van der Waals surface area contributed by atoms with Gasteiger partial charge in [-0.25, -0.2) is 0 Å². The second-order valence-corrected chi connectivity index (χ2v) is 4.67. The van der Waals surface area contributed by atoms with Crippen LogP contribution in [0.1, 0.15) is 16.2 Å². The van der Waals surface area contributed by atoms with E-state index in [-0.39, 0.29) is 22.8 Å². The van der Waals surface area contributed by atoms with Gasteiger partial charge in [-0.3, -0.25) is 24.7 Å². The van der Waals surface area contributed by atoms with Gasteiger partial charge in [-0.2, -0.15) is 9.50 Å². The number of carbonyl (C=O) groups excluding carboxylic acids is 1. The van der Waals surface area contributed by atoms with E-state index in [1.165, 1.54) is 22.7 Å². The van der Waals surface area contributed by atoms with Crippen molar-refractivity contribution < 1.29 is 9.72 Å². The molecule has 23 heavy (non-hydrogen) atoms. The molecular formula is C13H10N6O4. The van der Waals surface area contributed by atoms with Gasteiger partial charge in [-0.1, -0.05) is 6.07 Å². The van der Waals surface area contributed by atoms with E-state index in [0.29, 0.717) is 5.82 Å². The highest BCUT2D eigenvalue weighted by molar-refractivity contribution is 6.04. The van der Waals surface area contributed by atoms with Crippen molar-refractivity contribution in [3.63, 3.8) is 0 Å². The van der Waals surface area contributed by atoms with Gasteiger partial charge in [-0.05, 0) is 13.0 Å². The van der Waals surface area contributed by atoms with Gasteiger partial charge in [0.25, 0.3) is 17.2 Å². The number of aromatic nitrogens is 4. The number of anilines is 1. The van der Waals surface area contributed by atoms with Crippen molar-refractivity contribution in [1.82, 2.24) is 19.6 Å². The number of non-ortho nitro benzene ring substituents is 1. The normalized spacial score (nSPS) is 10.7. The number of benzene rings is 1. The van der Waals surface area contributed by atoms with Crippen molar-refractivity contribution in [2.45, 2.75) is 6.92 Å². The van der Waals surface area contributed by atoms with Crippen molar-refractivity contribution in [3.8, 4) is 0 Å². The predicted octanol–water partition coefficient (Wildman–Crippen LogP) is 0.887. The number of rotatable bonds is 3.